The second-order valence-electron chi connectivity index (χ2n) is 4.12. The lowest BCUT2D eigenvalue weighted by atomic mass is 10.1. The number of halogens is 3. The molecule has 0 saturated heterocycles. The van der Waals surface area contributed by atoms with E-state index in [1.807, 2.05) is 18.2 Å². The molecule has 20 heavy (non-hydrogen) atoms. The molecule has 0 aromatic heterocycles. The van der Waals surface area contributed by atoms with Gasteiger partial charge in [0.05, 0.1) is 15.7 Å². The van der Waals surface area contributed by atoms with Gasteiger partial charge in [-0.3, -0.25) is 4.79 Å². The minimum atomic E-state index is -0.785. The first kappa shape index (κ1) is 15.3. The summed E-state index contributed by atoms with van der Waals surface area (Å²) in [5.74, 6) is -0.373. The summed E-state index contributed by atoms with van der Waals surface area (Å²) in [5.41, 5.74) is 6.98. The van der Waals surface area contributed by atoms with Gasteiger partial charge >= 0.3 is 0 Å². The second kappa shape index (κ2) is 6.59. The standard InChI is InChI=1S/C14H11BrCl2N2O/c15-9-6-10(16)13(11(17)7-9)19-14(20)12(18)8-4-2-1-3-5-8/h1-7,12H,18H2,(H,19,20). The van der Waals surface area contributed by atoms with E-state index >= 15 is 0 Å². The van der Waals surface area contributed by atoms with Crippen molar-refractivity contribution in [3.8, 4) is 0 Å². The fourth-order valence-corrected chi connectivity index (χ4v) is 2.98. The SMILES string of the molecule is NC(C(=O)Nc1c(Cl)cc(Br)cc1Cl)c1ccccc1. The second-order valence-corrected chi connectivity index (χ2v) is 5.85. The summed E-state index contributed by atoms with van der Waals surface area (Å²) in [6, 6.07) is 11.6. The van der Waals surface area contributed by atoms with Crippen LogP contribution in [0.5, 0.6) is 0 Å². The number of carbonyl (C=O) groups is 1. The maximum Gasteiger partial charge on any atom is 0.245 e. The smallest absolute Gasteiger partial charge is 0.245 e. The number of anilines is 1. The van der Waals surface area contributed by atoms with Crippen molar-refractivity contribution < 1.29 is 4.79 Å². The maximum absolute atomic E-state index is 12.1. The molecule has 1 amide bonds. The molecule has 1 unspecified atom stereocenters. The normalized spacial score (nSPS) is 12.0. The molecule has 0 aliphatic carbocycles. The summed E-state index contributed by atoms with van der Waals surface area (Å²) in [4.78, 5) is 12.1. The Morgan fingerprint density at radius 2 is 1.70 bits per heavy atom. The first-order chi connectivity index (χ1) is 9.49. The average molecular weight is 374 g/mol. The van der Waals surface area contributed by atoms with Gasteiger partial charge in [0, 0.05) is 4.47 Å². The molecular weight excluding hydrogens is 363 g/mol. The van der Waals surface area contributed by atoms with E-state index in [1.165, 1.54) is 0 Å². The van der Waals surface area contributed by atoms with Crippen molar-refractivity contribution >= 4 is 50.7 Å². The van der Waals surface area contributed by atoms with E-state index in [1.54, 1.807) is 24.3 Å². The van der Waals surface area contributed by atoms with Crippen molar-refractivity contribution in [2.24, 2.45) is 5.73 Å². The summed E-state index contributed by atoms with van der Waals surface area (Å²) in [6.07, 6.45) is 0. The van der Waals surface area contributed by atoms with Gasteiger partial charge in [0.25, 0.3) is 0 Å². The third-order valence-corrected chi connectivity index (χ3v) is 3.75. The number of amides is 1. The van der Waals surface area contributed by atoms with Gasteiger partial charge in [-0.05, 0) is 17.7 Å². The maximum atomic E-state index is 12.1. The van der Waals surface area contributed by atoms with E-state index in [-0.39, 0.29) is 5.91 Å². The van der Waals surface area contributed by atoms with E-state index in [9.17, 15) is 4.79 Å². The first-order valence-corrected chi connectivity index (χ1v) is 7.30. The number of benzene rings is 2. The molecule has 104 valence electrons. The molecule has 1 atom stereocenters. The van der Waals surface area contributed by atoms with E-state index < -0.39 is 6.04 Å². The van der Waals surface area contributed by atoms with Crippen LogP contribution in [0.1, 0.15) is 11.6 Å². The van der Waals surface area contributed by atoms with Gasteiger partial charge in [-0.15, -0.1) is 0 Å². The van der Waals surface area contributed by atoms with Crippen LogP contribution in [0, 0.1) is 0 Å². The van der Waals surface area contributed by atoms with Gasteiger partial charge in [0.1, 0.15) is 6.04 Å². The lowest BCUT2D eigenvalue weighted by Crippen LogP contribution is -2.27. The van der Waals surface area contributed by atoms with Gasteiger partial charge in [-0.1, -0.05) is 69.5 Å². The van der Waals surface area contributed by atoms with Crippen molar-refractivity contribution in [1.29, 1.82) is 0 Å². The highest BCUT2D eigenvalue weighted by Crippen LogP contribution is 2.34. The highest BCUT2D eigenvalue weighted by Gasteiger charge is 2.18. The molecule has 3 N–H and O–H groups in total. The van der Waals surface area contributed by atoms with E-state index in [2.05, 4.69) is 21.2 Å². The first-order valence-electron chi connectivity index (χ1n) is 5.75. The zero-order valence-corrected chi connectivity index (χ0v) is 13.3. The zero-order chi connectivity index (χ0) is 14.7. The molecule has 6 heteroatoms. The molecule has 0 radical (unpaired) electrons. The highest BCUT2D eigenvalue weighted by molar-refractivity contribution is 9.10. The van der Waals surface area contributed by atoms with Crippen LogP contribution in [-0.2, 0) is 4.79 Å². The Kier molecular flexibility index (Phi) is 5.05. The number of carbonyl (C=O) groups excluding carboxylic acids is 1. The Hall–Kier alpha value is -1.07. The summed E-state index contributed by atoms with van der Waals surface area (Å²) in [6.45, 7) is 0. The Morgan fingerprint density at radius 3 is 2.25 bits per heavy atom. The van der Waals surface area contributed by atoms with E-state index in [4.69, 9.17) is 28.9 Å². The highest BCUT2D eigenvalue weighted by atomic mass is 79.9. The fraction of sp³-hybridized carbons (Fsp3) is 0.0714. The molecule has 2 aromatic carbocycles. The largest absolute Gasteiger partial charge is 0.322 e. The van der Waals surface area contributed by atoms with E-state index in [0.717, 1.165) is 4.47 Å². The van der Waals surface area contributed by atoms with Crippen LogP contribution in [0.15, 0.2) is 46.9 Å². The van der Waals surface area contributed by atoms with Crippen LogP contribution >= 0.6 is 39.1 Å². The zero-order valence-electron chi connectivity index (χ0n) is 10.2. The van der Waals surface area contributed by atoms with Crippen molar-refractivity contribution in [1.82, 2.24) is 0 Å². The third kappa shape index (κ3) is 3.52. The molecule has 0 aliphatic rings. The predicted octanol–water partition coefficient (Wildman–Crippen LogP) is 4.39. The van der Waals surface area contributed by atoms with Crippen molar-refractivity contribution in [2.75, 3.05) is 5.32 Å². The molecule has 2 rings (SSSR count). The van der Waals surface area contributed by atoms with Gasteiger partial charge in [0.2, 0.25) is 5.91 Å². The average Bonchev–Trinajstić information content (AvgIpc) is 2.42. The number of nitrogens with one attached hydrogen (secondary N) is 1. The molecule has 0 spiro atoms. The lowest BCUT2D eigenvalue weighted by molar-refractivity contribution is -0.117. The van der Waals surface area contributed by atoms with E-state index in [0.29, 0.717) is 21.3 Å². The molecule has 0 fully saturated rings. The number of rotatable bonds is 3. The Balaban J connectivity index is 2.20. The molecular formula is C14H11BrCl2N2O. The van der Waals surface area contributed by atoms with Crippen LogP contribution in [0.3, 0.4) is 0 Å². The van der Waals surface area contributed by atoms with Gasteiger partial charge in [0.15, 0.2) is 0 Å². The Bertz CT molecular complexity index is 611. The molecule has 2 aromatic rings. The van der Waals surface area contributed by atoms with Crippen LogP contribution < -0.4 is 11.1 Å². The molecule has 3 nitrogen and oxygen atoms in total. The third-order valence-electron chi connectivity index (χ3n) is 2.70. The van der Waals surface area contributed by atoms with Crippen LogP contribution in [0.4, 0.5) is 5.69 Å². The van der Waals surface area contributed by atoms with Crippen LogP contribution in [-0.4, -0.2) is 5.91 Å². The summed E-state index contributed by atoms with van der Waals surface area (Å²) in [7, 11) is 0. The molecule has 0 heterocycles. The number of hydrogen-bond donors (Lipinski definition) is 2. The monoisotopic (exact) mass is 372 g/mol. The summed E-state index contributed by atoms with van der Waals surface area (Å²) in [5, 5.41) is 3.35. The molecule has 0 aliphatic heterocycles. The van der Waals surface area contributed by atoms with Crippen molar-refractivity contribution in [2.45, 2.75) is 6.04 Å². The fourth-order valence-electron chi connectivity index (χ4n) is 1.67. The van der Waals surface area contributed by atoms with Crippen LogP contribution in [0.25, 0.3) is 0 Å². The predicted molar refractivity (Wildman–Crippen MR) is 86.2 cm³/mol. The van der Waals surface area contributed by atoms with Crippen molar-refractivity contribution in [3.63, 3.8) is 0 Å². The summed E-state index contributed by atoms with van der Waals surface area (Å²) < 4.78 is 0.734. The Labute approximate surface area is 135 Å². The quantitative estimate of drug-likeness (QED) is 0.837. The van der Waals surface area contributed by atoms with Gasteiger partial charge in [-0.2, -0.15) is 0 Å². The number of hydrogen-bond acceptors (Lipinski definition) is 2. The minimum absolute atomic E-state index is 0.345. The van der Waals surface area contributed by atoms with Gasteiger partial charge in [-0.25, -0.2) is 0 Å². The molecule has 0 bridgehead atoms. The number of nitrogens with two attached hydrogens (primary N) is 1. The minimum Gasteiger partial charge on any atom is -0.322 e. The Morgan fingerprint density at radius 1 is 1.15 bits per heavy atom. The van der Waals surface area contributed by atoms with Crippen molar-refractivity contribution in [3.05, 3.63) is 62.5 Å². The topological polar surface area (TPSA) is 55.1 Å². The van der Waals surface area contributed by atoms with Gasteiger partial charge < -0.3 is 11.1 Å². The van der Waals surface area contributed by atoms with Crippen LogP contribution in [0.2, 0.25) is 10.0 Å². The lowest BCUT2D eigenvalue weighted by Gasteiger charge is -2.14. The summed E-state index contributed by atoms with van der Waals surface area (Å²) >= 11 is 15.4. The molecule has 0 saturated carbocycles.